The fourth-order valence-electron chi connectivity index (χ4n) is 1.67. The first kappa shape index (κ1) is 12.2. The SMILES string of the molecule is O=C(NC1CN(CCF)C1)c1cncc(Cl)n1. The molecular formula is C10H12ClFN4O. The van der Waals surface area contributed by atoms with Gasteiger partial charge in [-0.3, -0.25) is 14.7 Å². The molecule has 1 aliphatic heterocycles. The number of halogens is 2. The highest BCUT2D eigenvalue weighted by molar-refractivity contribution is 6.29. The third-order valence-electron chi connectivity index (χ3n) is 2.53. The van der Waals surface area contributed by atoms with Gasteiger partial charge in [-0.2, -0.15) is 0 Å². The van der Waals surface area contributed by atoms with Gasteiger partial charge in [-0.15, -0.1) is 0 Å². The lowest BCUT2D eigenvalue weighted by molar-refractivity contribution is 0.0793. The number of rotatable bonds is 4. The van der Waals surface area contributed by atoms with Crippen molar-refractivity contribution in [3.8, 4) is 0 Å². The first-order chi connectivity index (χ1) is 8.19. The number of amides is 1. The average molecular weight is 259 g/mol. The van der Waals surface area contributed by atoms with Crippen molar-refractivity contribution in [2.75, 3.05) is 26.3 Å². The van der Waals surface area contributed by atoms with E-state index in [1.165, 1.54) is 12.4 Å². The highest BCUT2D eigenvalue weighted by atomic mass is 35.5. The van der Waals surface area contributed by atoms with Crippen molar-refractivity contribution in [2.45, 2.75) is 6.04 Å². The molecule has 1 fully saturated rings. The van der Waals surface area contributed by atoms with Crippen LogP contribution in [-0.2, 0) is 0 Å². The van der Waals surface area contributed by atoms with Crippen molar-refractivity contribution >= 4 is 17.5 Å². The molecule has 1 aromatic rings. The second kappa shape index (κ2) is 5.37. The average Bonchev–Trinajstić information content (AvgIpc) is 2.26. The molecule has 1 amide bonds. The summed E-state index contributed by atoms with van der Waals surface area (Å²) in [5.74, 6) is -0.301. The van der Waals surface area contributed by atoms with Gasteiger partial charge in [-0.25, -0.2) is 9.37 Å². The molecular weight excluding hydrogens is 247 g/mol. The first-order valence-electron chi connectivity index (χ1n) is 5.26. The lowest BCUT2D eigenvalue weighted by Crippen LogP contribution is -2.59. The van der Waals surface area contributed by atoms with Gasteiger partial charge in [0, 0.05) is 19.6 Å². The van der Waals surface area contributed by atoms with E-state index < -0.39 is 0 Å². The van der Waals surface area contributed by atoms with Crippen LogP contribution in [0, 0.1) is 0 Å². The van der Waals surface area contributed by atoms with Crippen molar-refractivity contribution in [2.24, 2.45) is 0 Å². The molecule has 0 atom stereocenters. The zero-order valence-corrected chi connectivity index (χ0v) is 9.82. The van der Waals surface area contributed by atoms with Gasteiger partial charge >= 0.3 is 0 Å². The smallest absolute Gasteiger partial charge is 0.271 e. The number of likely N-dealkylation sites (tertiary alicyclic amines) is 1. The highest BCUT2D eigenvalue weighted by Crippen LogP contribution is 2.08. The minimum Gasteiger partial charge on any atom is -0.345 e. The van der Waals surface area contributed by atoms with E-state index in [0.717, 1.165) is 0 Å². The maximum atomic E-state index is 12.0. The van der Waals surface area contributed by atoms with Gasteiger partial charge in [0.25, 0.3) is 5.91 Å². The number of carbonyl (C=O) groups is 1. The first-order valence-corrected chi connectivity index (χ1v) is 5.63. The summed E-state index contributed by atoms with van der Waals surface area (Å²) >= 11 is 5.63. The highest BCUT2D eigenvalue weighted by Gasteiger charge is 2.28. The second-order valence-corrected chi connectivity index (χ2v) is 4.23. The summed E-state index contributed by atoms with van der Waals surface area (Å²) in [7, 11) is 0. The molecule has 0 unspecified atom stereocenters. The number of alkyl halides is 1. The zero-order chi connectivity index (χ0) is 12.3. The van der Waals surface area contributed by atoms with Crippen LogP contribution in [0.1, 0.15) is 10.5 Å². The number of nitrogens with one attached hydrogen (secondary N) is 1. The largest absolute Gasteiger partial charge is 0.345 e. The van der Waals surface area contributed by atoms with Crippen molar-refractivity contribution < 1.29 is 9.18 Å². The van der Waals surface area contributed by atoms with E-state index in [1.54, 1.807) is 0 Å². The minimum absolute atomic E-state index is 0.0508. The van der Waals surface area contributed by atoms with E-state index in [0.29, 0.717) is 19.6 Å². The maximum Gasteiger partial charge on any atom is 0.271 e. The Morgan fingerprint density at radius 2 is 2.35 bits per heavy atom. The van der Waals surface area contributed by atoms with Crippen LogP contribution in [0.5, 0.6) is 0 Å². The lowest BCUT2D eigenvalue weighted by Gasteiger charge is -2.38. The van der Waals surface area contributed by atoms with Crippen LogP contribution in [0.4, 0.5) is 4.39 Å². The van der Waals surface area contributed by atoms with Crippen LogP contribution in [0.15, 0.2) is 12.4 Å². The van der Waals surface area contributed by atoms with Crippen molar-refractivity contribution in [3.05, 3.63) is 23.2 Å². The van der Waals surface area contributed by atoms with Crippen LogP contribution in [0.25, 0.3) is 0 Å². The molecule has 1 saturated heterocycles. The number of hydrogen-bond acceptors (Lipinski definition) is 4. The Bertz CT molecular complexity index is 411. The number of nitrogens with zero attached hydrogens (tertiary/aromatic N) is 3. The number of aromatic nitrogens is 2. The van der Waals surface area contributed by atoms with Gasteiger partial charge in [-0.1, -0.05) is 11.6 Å². The molecule has 0 radical (unpaired) electrons. The maximum absolute atomic E-state index is 12.0. The summed E-state index contributed by atoms with van der Waals surface area (Å²) < 4.78 is 12.0. The topological polar surface area (TPSA) is 58.1 Å². The molecule has 0 aromatic carbocycles. The zero-order valence-electron chi connectivity index (χ0n) is 9.07. The van der Waals surface area contributed by atoms with E-state index in [2.05, 4.69) is 15.3 Å². The van der Waals surface area contributed by atoms with Crippen LogP contribution >= 0.6 is 11.6 Å². The van der Waals surface area contributed by atoms with E-state index >= 15 is 0 Å². The van der Waals surface area contributed by atoms with E-state index in [9.17, 15) is 9.18 Å². The monoisotopic (exact) mass is 258 g/mol. The van der Waals surface area contributed by atoms with Gasteiger partial charge in [0.15, 0.2) is 0 Å². The van der Waals surface area contributed by atoms with Gasteiger partial charge in [-0.05, 0) is 0 Å². The molecule has 92 valence electrons. The molecule has 0 bridgehead atoms. The van der Waals surface area contributed by atoms with Gasteiger partial charge in [0.05, 0.1) is 18.4 Å². The Morgan fingerprint density at radius 1 is 1.59 bits per heavy atom. The Hall–Kier alpha value is -1.27. The molecule has 0 aliphatic carbocycles. The summed E-state index contributed by atoms with van der Waals surface area (Å²) in [6, 6.07) is 0.0508. The quantitative estimate of drug-likeness (QED) is 0.855. The molecule has 0 saturated carbocycles. The Balaban J connectivity index is 1.83. The second-order valence-electron chi connectivity index (χ2n) is 3.85. The predicted octanol–water partition coefficient (Wildman–Crippen LogP) is 0.513. The van der Waals surface area contributed by atoms with Crippen molar-refractivity contribution in [1.29, 1.82) is 0 Å². The summed E-state index contributed by atoms with van der Waals surface area (Å²) in [6.45, 7) is 1.40. The molecule has 1 N–H and O–H groups in total. The molecule has 1 aromatic heterocycles. The van der Waals surface area contributed by atoms with Crippen LogP contribution < -0.4 is 5.32 Å². The molecule has 2 heterocycles. The summed E-state index contributed by atoms with van der Waals surface area (Å²) in [5, 5.41) is 2.97. The minimum atomic E-state index is -0.361. The number of hydrogen-bond donors (Lipinski definition) is 1. The van der Waals surface area contributed by atoms with Crippen molar-refractivity contribution in [3.63, 3.8) is 0 Å². The molecule has 7 heteroatoms. The fraction of sp³-hybridized carbons (Fsp3) is 0.500. The van der Waals surface area contributed by atoms with Crippen LogP contribution in [-0.4, -0.2) is 53.1 Å². The standard InChI is InChI=1S/C10H12ClFN4O/c11-9-4-13-3-8(15-9)10(17)14-7-5-16(6-7)2-1-12/h3-4,7H,1-2,5-6H2,(H,14,17). The van der Waals surface area contributed by atoms with E-state index in [4.69, 9.17) is 11.6 Å². The summed E-state index contributed by atoms with van der Waals surface area (Å²) in [6.07, 6.45) is 2.73. The van der Waals surface area contributed by atoms with Gasteiger partial charge in [0.2, 0.25) is 0 Å². The van der Waals surface area contributed by atoms with Crippen molar-refractivity contribution in [1.82, 2.24) is 20.2 Å². The molecule has 2 rings (SSSR count). The predicted molar refractivity (Wildman–Crippen MR) is 60.7 cm³/mol. The lowest BCUT2D eigenvalue weighted by atomic mass is 10.1. The molecule has 17 heavy (non-hydrogen) atoms. The third kappa shape index (κ3) is 3.10. The van der Waals surface area contributed by atoms with Gasteiger partial charge < -0.3 is 5.32 Å². The number of carbonyl (C=O) groups excluding carboxylic acids is 1. The molecule has 5 nitrogen and oxygen atoms in total. The van der Waals surface area contributed by atoms with E-state index in [1.807, 2.05) is 4.90 Å². The molecule has 1 aliphatic rings. The molecule has 0 spiro atoms. The Kier molecular flexibility index (Phi) is 3.86. The fourth-order valence-corrected chi connectivity index (χ4v) is 1.82. The Morgan fingerprint density at radius 3 is 3.00 bits per heavy atom. The Labute approximate surface area is 103 Å². The van der Waals surface area contributed by atoms with Crippen LogP contribution in [0.2, 0.25) is 5.15 Å². The van der Waals surface area contributed by atoms with Crippen LogP contribution in [0.3, 0.4) is 0 Å². The van der Waals surface area contributed by atoms with E-state index in [-0.39, 0.29) is 29.5 Å². The third-order valence-corrected chi connectivity index (χ3v) is 2.71. The summed E-state index contributed by atoms with van der Waals surface area (Å²) in [4.78, 5) is 21.3. The normalized spacial score (nSPS) is 16.6. The van der Waals surface area contributed by atoms with Gasteiger partial charge in [0.1, 0.15) is 17.5 Å². The summed E-state index contributed by atoms with van der Waals surface area (Å²) in [5.41, 5.74) is 0.196.